The number of nitro groups is 1. The molecule has 0 aliphatic rings. The molecular formula is C21H24N2O5. The van der Waals surface area contributed by atoms with Gasteiger partial charge in [0, 0.05) is 23.3 Å². The Labute approximate surface area is 163 Å². The zero-order valence-electron chi connectivity index (χ0n) is 16.2. The molecule has 0 fully saturated rings. The van der Waals surface area contributed by atoms with Crippen LogP contribution in [-0.4, -0.2) is 29.4 Å². The van der Waals surface area contributed by atoms with Gasteiger partial charge in [-0.3, -0.25) is 14.9 Å². The van der Waals surface area contributed by atoms with Crippen molar-refractivity contribution in [3.63, 3.8) is 0 Å². The second kappa shape index (κ2) is 9.64. The molecule has 2 aromatic carbocycles. The van der Waals surface area contributed by atoms with Crippen molar-refractivity contribution in [3.8, 4) is 11.1 Å². The first-order valence-electron chi connectivity index (χ1n) is 9.14. The van der Waals surface area contributed by atoms with E-state index in [4.69, 9.17) is 4.74 Å². The molecule has 148 valence electrons. The van der Waals surface area contributed by atoms with Gasteiger partial charge in [0.2, 0.25) is 0 Å². The largest absolute Gasteiger partial charge is 0.464 e. The number of rotatable bonds is 8. The molecule has 1 atom stereocenters. The van der Waals surface area contributed by atoms with Crippen LogP contribution in [0.1, 0.15) is 37.6 Å². The Balaban J connectivity index is 2.40. The number of carbonyl (C=O) groups is 2. The van der Waals surface area contributed by atoms with Crippen molar-refractivity contribution in [3.05, 3.63) is 64.2 Å². The molecule has 0 saturated carbocycles. The SMILES string of the molecule is CCOC(=O)[C@H](CC(C)C)NC(=O)c1ccc([N+](=O)[O-])cc1-c1ccccc1. The normalized spacial score (nSPS) is 11.7. The van der Waals surface area contributed by atoms with E-state index in [1.54, 1.807) is 31.2 Å². The van der Waals surface area contributed by atoms with Gasteiger partial charge >= 0.3 is 5.97 Å². The predicted molar refractivity (Wildman–Crippen MR) is 106 cm³/mol. The molecule has 0 unspecified atom stereocenters. The number of hydrogen-bond donors (Lipinski definition) is 1. The molecule has 0 radical (unpaired) electrons. The molecule has 0 aliphatic heterocycles. The third kappa shape index (κ3) is 5.39. The maximum Gasteiger partial charge on any atom is 0.328 e. The lowest BCUT2D eigenvalue weighted by Gasteiger charge is -2.20. The molecule has 0 aromatic heterocycles. The number of amides is 1. The number of non-ortho nitro benzene ring substituents is 1. The van der Waals surface area contributed by atoms with Crippen LogP contribution in [0.4, 0.5) is 5.69 Å². The van der Waals surface area contributed by atoms with Gasteiger partial charge in [-0.15, -0.1) is 0 Å². The summed E-state index contributed by atoms with van der Waals surface area (Å²) in [5.41, 5.74) is 1.25. The van der Waals surface area contributed by atoms with Gasteiger partial charge in [0.05, 0.1) is 11.5 Å². The minimum Gasteiger partial charge on any atom is -0.464 e. The number of esters is 1. The average Bonchev–Trinajstić information content (AvgIpc) is 2.67. The van der Waals surface area contributed by atoms with Gasteiger partial charge in [0.1, 0.15) is 6.04 Å². The minimum atomic E-state index is -0.786. The first kappa shape index (κ1) is 21.1. The van der Waals surface area contributed by atoms with Gasteiger partial charge in [0.25, 0.3) is 11.6 Å². The lowest BCUT2D eigenvalue weighted by molar-refractivity contribution is -0.384. The van der Waals surface area contributed by atoms with Gasteiger partial charge in [-0.1, -0.05) is 44.2 Å². The predicted octanol–water partition coefficient (Wildman–Crippen LogP) is 3.97. The molecule has 28 heavy (non-hydrogen) atoms. The van der Waals surface area contributed by atoms with E-state index < -0.39 is 22.8 Å². The number of hydrogen-bond acceptors (Lipinski definition) is 5. The fourth-order valence-electron chi connectivity index (χ4n) is 2.86. The quantitative estimate of drug-likeness (QED) is 0.422. The van der Waals surface area contributed by atoms with E-state index in [9.17, 15) is 19.7 Å². The summed E-state index contributed by atoms with van der Waals surface area (Å²) >= 11 is 0. The van der Waals surface area contributed by atoms with Crippen LogP contribution in [0.2, 0.25) is 0 Å². The molecule has 0 saturated heterocycles. The molecule has 0 aliphatic carbocycles. The van der Waals surface area contributed by atoms with Crippen molar-refractivity contribution in [2.75, 3.05) is 6.61 Å². The van der Waals surface area contributed by atoms with Crippen molar-refractivity contribution in [2.24, 2.45) is 5.92 Å². The van der Waals surface area contributed by atoms with Crippen LogP contribution >= 0.6 is 0 Å². The third-order valence-corrected chi connectivity index (χ3v) is 4.13. The molecule has 1 N–H and O–H groups in total. The highest BCUT2D eigenvalue weighted by molar-refractivity contribution is 6.02. The van der Waals surface area contributed by atoms with E-state index in [0.717, 1.165) is 0 Å². The molecule has 2 aromatic rings. The third-order valence-electron chi connectivity index (χ3n) is 4.13. The summed E-state index contributed by atoms with van der Waals surface area (Å²) < 4.78 is 5.06. The van der Waals surface area contributed by atoms with Crippen molar-refractivity contribution in [2.45, 2.75) is 33.2 Å². The van der Waals surface area contributed by atoms with Crippen LogP contribution in [0, 0.1) is 16.0 Å². The van der Waals surface area contributed by atoms with Crippen molar-refractivity contribution < 1.29 is 19.2 Å². The first-order valence-corrected chi connectivity index (χ1v) is 9.14. The second-order valence-electron chi connectivity index (χ2n) is 6.76. The van der Waals surface area contributed by atoms with E-state index in [1.807, 2.05) is 19.9 Å². The van der Waals surface area contributed by atoms with Crippen LogP contribution in [0.25, 0.3) is 11.1 Å². The average molecular weight is 384 g/mol. The van der Waals surface area contributed by atoms with E-state index in [0.29, 0.717) is 17.5 Å². The van der Waals surface area contributed by atoms with E-state index in [2.05, 4.69) is 5.32 Å². The Morgan fingerprint density at radius 3 is 2.39 bits per heavy atom. The number of nitrogens with one attached hydrogen (secondary N) is 1. The fraction of sp³-hybridized carbons (Fsp3) is 0.333. The number of benzene rings is 2. The number of carbonyl (C=O) groups excluding carboxylic acids is 2. The molecule has 2 rings (SSSR count). The maximum atomic E-state index is 12.9. The topological polar surface area (TPSA) is 98.5 Å². The number of nitro benzene ring substituents is 1. The zero-order chi connectivity index (χ0) is 20.7. The monoisotopic (exact) mass is 384 g/mol. The van der Waals surface area contributed by atoms with Crippen molar-refractivity contribution in [1.29, 1.82) is 0 Å². The van der Waals surface area contributed by atoms with E-state index in [-0.39, 0.29) is 23.8 Å². The molecule has 7 heteroatoms. The number of ether oxygens (including phenoxy) is 1. The van der Waals surface area contributed by atoms with Gasteiger partial charge in [0.15, 0.2) is 0 Å². The Morgan fingerprint density at radius 2 is 1.82 bits per heavy atom. The van der Waals surface area contributed by atoms with Crippen molar-refractivity contribution >= 4 is 17.6 Å². The van der Waals surface area contributed by atoms with E-state index >= 15 is 0 Å². The summed E-state index contributed by atoms with van der Waals surface area (Å²) in [6.45, 7) is 5.81. The molecule has 0 spiro atoms. The van der Waals surface area contributed by atoms with Crippen LogP contribution in [0.15, 0.2) is 48.5 Å². The minimum absolute atomic E-state index is 0.112. The zero-order valence-corrected chi connectivity index (χ0v) is 16.2. The number of nitrogens with zero attached hydrogens (tertiary/aromatic N) is 1. The highest BCUT2D eigenvalue weighted by atomic mass is 16.6. The summed E-state index contributed by atoms with van der Waals surface area (Å²) in [7, 11) is 0. The first-order chi connectivity index (χ1) is 13.3. The highest BCUT2D eigenvalue weighted by Crippen LogP contribution is 2.28. The summed E-state index contributed by atoms with van der Waals surface area (Å²) in [5, 5.41) is 13.9. The smallest absolute Gasteiger partial charge is 0.328 e. The molecule has 7 nitrogen and oxygen atoms in total. The van der Waals surface area contributed by atoms with Crippen LogP contribution in [-0.2, 0) is 9.53 Å². The van der Waals surface area contributed by atoms with Crippen LogP contribution in [0.3, 0.4) is 0 Å². The summed E-state index contributed by atoms with van der Waals surface area (Å²) in [5.74, 6) is -0.805. The van der Waals surface area contributed by atoms with Crippen LogP contribution < -0.4 is 5.32 Å². The van der Waals surface area contributed by atoms with Crippen molar-refractivity contribution in [1.82, 2.24) is 5.32 Å². The Bertz CT molecular complexity index is 849. The van der Waals surface area contributed by atoms with E-state index in [1.165, 1.54) is 18.2 Å². The molecule has 1 amide bonds. The Hall–Kier alpha value is -3.22. The lowest BCUT2D eigenvalue weighted by atomic mass is 9.97. The summed E-state index contributed by atoms with van der Waals surface area (Å²) in [4.78, 5) is 35.8. The lowest BCUT2D eigenvalue weighted by Crippen LogP contribution is -2.42. The fourth-order valence-corrected chi connectivity index (χ4v) is 2.86. The summed E-state index contributed by atoms with van der Waals surface area (Å²) in [6, 6.07) is 12.2. The van der Waals surface area contributed by atoms with Gasteiger partial charge < -0.3 is 10.1 Å². The molecular weight excluding hydrogens is 360 g/mol. The van der Waals surface area contributed by atoms with Gasteiger partial charge in [-0.05, 0) is 30.9 Å². The Kier molecular flexibility index (Phi) is 7.26. The standard InChI is InChI=1S/C21H24N2O5/c1-4-28-21(25)19(12-14(2)3)22-20(24)17-11-10-16(23(26)27)13-18(17)15-8-6-5-7-9-15/h5-11,13-14,19H,4,12H2,1-3H3,(H,22,24)/t19-/m0/s1. The molecule has 0 bridgehead atoms. The summed E-state index contributed by atoms with van der Waals surface area (Å²) in [6.07, 6.45) is 0.429. The highest BCUT2D eigenvalue weighted by Gasteiger charge is 2.25. The van der Waals surface area contributed by atoms with Gasteiger partial charge in [-0.2, -0.15) is 0 Å². The molecule has 0 heterocycles. The second-order valence-corrected chi connectivity index (χ2v) is 6.76. The van der Waals surface area contributed by atoms with Gasteiger partial charge in [-0.25, -0.2) is 4.79 Å². The maximum absolute atomic E-state index is 12.9. The Morgan fingerprint density at radius 1 is 1.14 bits per heavy atom. The van der Waals surface area contributed by atoms with Crippen LogP contribution in [0.5, 0.6) is 0 Å².